The first kappa shape index (κ1) is 19.4. The highest BCUT2D eigenvalue weighted by atomic mass is 16.5. The van der Waals surface area contributed by atoms with Crippen molar-refractivity contribution in [2.45, 2.75) is 20.8 Å². The summed E-state index contributed by atoms with van der Waals surface area (Å²) < 4.78 is 5.77. The van der Waals surface area contributed by atoms with Gasteiger partial charge in [0.15, 0.2) is 0 Å². The number of aryl methyl sites for hydroxylation is 1. The fraction of sp³-hybridized carbons (Fsp3) is 0.227. The first-order valence-electron chi connectivity index (χ1n) is 9.34. The lowest BCUT2D eigenvalue weighted by Crippen LogP contribution is -2.26. The van der Waals surface area contributed by atoms with Crippen LogP contribution in [-0.4, -0.2) is 29.0 Å². The third-order valence-corrected chi connectivity index (χ3v) is 4.21. The summed E-state index contributed by atoms with van der Waals surface area (Å²) in [6.45, 7) is 7.50. The van der Waals surface area contributed by atoms with E-state index in [0.29, 0.717) is 23.1 Å². The van der Waals surface area contributed by atoms with Crippen molar-refractivity contribution in [2.75, 3.05) is 23.3 Å². The Kier molecular flexibility index (Phi) is 6.22. The second-order valence-electron chi connectivity index (χ2n) is 6.26. The van der Waals surface area contributed by atoms with E-state index in [1.807, 2.05) is 68.1 Å². The molecular formula is C22H24N4O2. The van der Waals surface area contributed by atoms with E-state index in [-0.39, 0.29) is 5.91 Å². The van der Waals surface area contributed by atoms with Crippen LogP contribution in [0.1, 0.15) is 30.0 Å². The number of benzene rings is 2. The molecule has 0 spiro atoms. The van der Waals surface area contributed by atoms with Crippen LogP contribution in [0.5, 0.6) is 11.5 Å². The Hall–Kier alpha value is -3.41. The molecule has 0 saturated heterocycles. The zero-order valence-corrected chi connectivity index (χ0v) is 16.3. The van der Waals surface area contributed by atoms with E-state index in [4.69, 9.17) is 4.74 Å². The molecule has 2 aromatic carbocycles. The first-order chi connectivity index (χ1) is 13.6. The SMILES string of the molecule is CCN(CC)c1nc(C)cc(C(=O)Nc2ccc(Oc3ccccc3)cc2)n1. The Morgan fingerprint density at radius 3 is 2.25 bits per heavy atom. The summed E-state index contributed by atoms with van der Waals surface area (Å²) in [5.41, 5.74) is 1.78. The van der Waals surface area contributed by atoms with Crippen LogP contribution in [0.3, 0.4) is 0 Å². The zero-order chi connectivity index (χ0) is 19.9. The summed E-state index contributed by atoms with van der Waals surface area (Å²) in [5.74, 6) is 1.77. The summed E-state index contributed by atoms with van der Waals surface area (Å²) in [4.78, 5) is 23.5. The minimum Gasteiger partial charge on any atom is -0.457 e. The van der Waals surface area contributed by atoms with Crippen LogP contribution in [0, 0.1) is 6.92 Å². The Morgan fingerprint density at radius 2 is 1.61 bits per heavy atom. The van der Waals surface area contributed by atoms with Crippen molar-refractivity contribution in [2.24, 2.45) is 0 Å². The van der Waals surface area contributed by atoms with Crippen LogP contribution >= 0.6 is 0 Å². The minimum atomic E-state index is -0.268. The molecule has 0 saturated carbocycles. The summed E-state index contributed by atoms with van der Waals surface area (Å²) >= 11 is 0. The highest BCUT2D eigenvalue weighted by Crippen LogP contribution is 2.23. The monoisotopic (exact) mass is 376 g/mol. The van der Waals surface area contributed by atoms with Crippen molar-refractivity contribution in [1.82, 2.24) is 9.97 Å². The minimum absolute atomic E-state index is 0.268. The maximum atomic E-state index is 12.6. The number of amides is 1. The Morgan fingerprint density at radius 1 is 0.964 bits per heavy atom. The van der Waals surface area contributed by atoms with Gasteiger partial charge in [0.25, 0.3) is 5.91 Å². The van der Waals surface area contributed by atoms with E-state index in [2.05, 4.69) is 15.3 Å². The number of rotatable bonds is 7. The lowest BCUT2D eigenvalue weighted by Gasteiger charge is -2.19. The molecule has 0 fully saturated rings. The fourth-order valence-corrected chi connectivity index (χ4v) is 2.74. The van der Waals surface area contributed by atoms with Crippen molar-refractivity contribution in [3.63, 3.8) is 0 Å². The lowest BCUT2D eigenvalue weighted by molar-refractivity contribution is 0.102. The number of aromatic nitrogens is 2. The molecule has 3 rings (SSSR count). The van der Waals surface area contributed by atoms with E-state index < -0.39 is 0 Å². The summed E-state index contributed by atoms with van der Waals surface area (Å²) in [7, 11) is 0. The molecule has 1 aromatic heterocycles. The van der Waals surface area contributed by atoms with Crippen LogP contribution in [0.25, 0.3) is 0 Å². The number of anilines is 2. The molecule has 144 valence electrons. The van der Waals surface area contributed by atoms with Gasteiger partial charge in [0.1, 0.15) is 17.2 Å². The molecule has 1 amide bonds. The van der Waals surface area contributed by atoms with Gasteiger partial charge in [-0.1, -0.05) is 18.2 Å². The summed E-state index contributed by atoms with van der Waals surface area (Å²) in [5, 5.41) is 2.88. The van der Waals surface area contributed by atoms with Gasteiger partial charge in [0, 0.05) is 24.5 Å². The second-order valence-corrected chi connectivity index (χ2v) is 6.26. The van der Waals surface area contributed by atoms with Gasteiger partial charge >= 0.3 is 0 Å². The molecule has 6 nitrogen and oxygen atoms in total. The Balaban J connectivity index is 1.71. The fourth-order valence-electron chi connectivity index (χ4n) is 2.74. The maximum absolute atomic E-state index is 12.6. The molecule has 0 aliphatic heterocycles. The van der Waals surface area contributed by atoms with Gasteiger partial charge in [-0.25, -0.2) is 9.97 Å². The lowest BCUT2D eigenvalue weighted by atomic mass is 10.2. The van der Waals surface area contributed by atoms with Gasteiger partial charge in [0.2, 0.25) is 5.95 Å². The molecule has 0 unspecified atom stereocenters. The predicted molar refractivity (Wildman–Crippen MR) is 111 cm³/mol. The molecule has 1 heterocycles. The quantitative estimate of drug-likeness (QED) is 0.649. The van der Waals surface area contributed by atoms with Gasteiger partial charge in [-0.15, -0.1) is 0 Å². The molecule has 6 heteroatoms. The largest absolute Gasteiger partial charge is 0.457 e. The standard InChI is InChI=1S/C22H24N4O2/c1-4-26(5-2)22-23-16(3)15-20(25-22)21(27)24-17-11-13-19(14-12-17)28-18-9-7-6-8-10-18/h6-15H,4-5H2,1-3H3,(H,24,27). The van der Waals surface area contributed by atoms with E-state index in [0.717, 1.165) is 24.5 Å². The number of carbonyl (C=O) groups is 1. The molecule has 0 atom stereocenters. The number of ether oxygens (including phenoxy) is 1. The number of hydrogen-bond acceptors (Lipinski definition) is 5. The van der Waals surface area contributed by atoms with Crippen molar-refractivity contribution in [3.8, 4) is 11.5 Å². The normalized spacial score (nSPS) is 10.4. The van der Waals surface area contributed by atoms with E-state index in [1.54, 1.807) is 18.2 Å². The summed E-state index contributed by atoms with van der Waals surface area (Å²) in [6.07, 6.45) is 0. The van der Waals surface area contributed by atoms with Crippen LogP contribution < -0.4 is 15.0 Å². The molecule has 1 N–H and O–H groups in total. The van der Waals surface area contributed by atoms with E-state index >= 15 is 0 Å². The first-order valence-corrected chi connectivity index (χ1v) is 9.34. The molecule has 3 aromatic rings. The van der Waals surface area contributed by atoms with Crippen molar-refractivity contribution >= 4 is 17.5 Å². The molecule has 0 bridgehead atoms. The zero-order valence-electron chi connectivity index (χ0n) is 16.3. The highest BCUT2D eigenvalue weighted by molar-refractivity contribution is 6.03. The molecule has 0 aliphatic rings. The third-order valence-electron chi connectivity index (χ3n) is 4.21. The average Bonchev–Trinajstić information content (AvgIpc) is 2.71. The molecule has 28 heavy (non-hydrogen) atoms. The number of nitrogens with zero attached hydrogens (tertiary/aromatic N) is 3. The highest BCUT2D eigenvalue weighted by Gasteiger charge is 2.14. The Labute approximate surface area is 165 Å². The van der Waals surface area contributed by atoms with E-state index in [9.17, 15) is 4.79 Å². The summed E-state index contributed by atoms with van der Waals surface area (Å²) in [6, 6.07) is 18.5. The number of nitrogens with one attached hydrogen (secondary N) is 1. The van der Waals surface area contributed by atoms with Gasteiger partial charge in [-0.2, -0.15) is 0 Å². The van der Waals surface area contributed by atoms with Crippen LogP contribution in [0.2, 0.25) is 0 Å². The van der Waals surface area contributed by atoms with E-state index in [1.165, 1.54) is 0 Å². The van der Waals surface area contributed by atoms with Crippen LogP contribution in [-0.2, 0) is 0 Å². The second kappa shape index (κ2) is 8.99. The van der Waals surface area contributed by atoms with Crippen LogP contribution in [0.15, 0.2) is 60.7 Å². The number of carbonyl (C=O) groups excluding carboxylic acids is 1. The van der Waals surface area contributed by atoms with Gasteiger partial charge in [-0.3, -0.25) is 4.79 Å². The third kappa shape index (κ3) is 4.85. The van der Waals surface area contributed by atoms with Gasteiger partial charge in [-0.05, 0) is 63.2 Å². The van der Waals surface area contributed by atoms with Crippen LogP contribution in [0.4, 0.5) is 11.6 Å². The molecule has 0 aliphatic carbocycles. The van der Waals surface area contributed by atoms with Crippen molar-refractivity contribution < 1.29 is 9.53 Å². The van der Waals surface area contributed by atoms with Crippen molar-refractivity contribution in [1.29, 1.82) is 0 Å². The molecule has 0 radical (unpaired) electrons. The van der Waals surface area contributed by atoms with Gasteiger partial charge < -0.3 is 15.0 Å². The number of hydrogen-bond donors (Lipinski definition) is 1. The smallest absolute Gasteiger partial charge is 0.274 e. The van der Waals surface area contributed by atoms with Crippen molar-refractivity contribution in [3.05, 3.63) is 72.1 Å². The topological polar surface area (TPSA) is 67.4 Å². The average molecular weight is 376 g/mol. The number of para-hydroxylation sites is 1. The predicted octanol–water partition coefficient (Wildman–Crippen LogP) is 4.68. The van der Waals surface area contributed by atoms with Gasteiger partial charge in [0.05, 0.1) is 0 Å². The Bertz CT molecular complexity index is 923. The maximum Gasteiger partial charge on any atom is 0.274 e. The molecular weight excluding hydrogens is 352 g/mol.